The zero-order valence-electron chi connectivity index (χ0n) is 11.5. The summed E-state index contributed by atoms with van der Waals surface area (Å²) in [6.07, 6.45) is 3.79. The van der Waals surface area contributed by atoms with Crippen molar-refractivity contribution in [2.45, 2.75) is 34.1 Å². The molecule has 0 spiro atoms. The summed E-state index contributed by atoms with van der Waals surface area (Å²) in [5.41, 5.74) is 2.98. The summed E-state index contributed by atoms with van der Waals surface area (Å²) in [7, 11) is 0. The van der Waals surface area contributed by atoms with Gasteiger partial charge in [0.25, 0.3) is 0 Å². The maximum absolute atomic E-state index is 2.53. The smallest absolute Gasteiger partial charge is 0.0170 e. The maximum atomic E-state index is 2.53. The minimum absolute atomic E-state index is 0.753. The number of rotatable bonds is 3. The zero-order valence-corrected chi connectivity index (χ0v) is 11.5. The molecule has 0 N–H and O–H groups in total. The van der Waals surface area contributed by atoms with Crippen molar-refractivity contribution in [2.24, 2.45) is 23.7 Å². The van der Waals surface area contributed by atoms with Gasteiger partial charge in [0.1, 0.15) is 0 Å². The van der Waals surface area contributed by atoms with Gasteiger partial charge in [-0.2, -0.15) is 0 Å². The van der Waals surface area contributed by atoms with E-state index in [4.69, 9.17) is 0 Å². The molecule has 0 fully saturated rings. The van der Waals surface area contributed by atoms with Gasteiger partial charge < -0.3 is 0 Å². The van der Waals surface area contributed by atoms with Crippen molar-refractivity contribution in [3.05, 3.63) is 42.0 Å². The molecule has 0 bridgehead atoms. The summed E-state index contributed by atoms with van der Waals surface area (Å²) in [5, 5.41) is 0. The van der Waals surface area contributed by atoms with E-state index in [2.05, 4.69) is 64.1 Å². The maximum Gasteiger partial charge on any atom is -0.0170 e. The molecule has 0 heteroatoms. The lowest BCUT2D eigenvalue weighted by Gasteiger charge is -2.25. The van der Waals surface area contributed by atoms with Crippen molar-refractivity contribution in [1.82, 2.24) is 0 Å². The van der Waals surface area contributed by atoms with Gasteiger partial charge in [0.05, 0.1) is 0 Å². The van der Waals surface area contributed by atoms with Crippen molar-refractivity contribution in [3.8, 4) is 0 Å². The Morgan fingerprint density at radius 1 is 0.941 bits per heavy atom. The van der Waals surface area contributed by atoms with E-state index in [9.17, 15) is 0 Å². The quantitative estimate of drug-likeness (QED) is 0.681. The van der Waals surface area contributed by atoms with Gasteiger partial charge in [-0.15, -0.1) is 0 Å². The van der Waals surface area contributed by atoms with Crippen LogP contribution in [0.1, 0.15) is 39.7 Å². The number of hydrogen-bond acceptors (Lipinski definition) is 0. The monoisotopic (exact) mass is 228 g/mol. The second kappa shape index (κ2) is 5.08. The Bertz CT molecular complexity index is 384. The third kappa shape index (κ3) is 2.62. The molecule has 1 unspecified atom stereocenters. The first-order chi connectivity index (χ1) is 8.09. The van der Waals surface area contributed by atoms with E-state index in [1.54, 1.807) is 5.57 Å². The Hall–Kier alpha value is -1.04. The molecule has 17 heavy (non-hydrogen) atoms. The van der Waals surface area contributed by atoms with Gasteiger partial charge in [-0.25, -0.2) is 0 Å². The highest BCUT2D eigenvalue weighted by atomic mass is 14.4. The summed E-state index contributed by atoms with van der Waals surface area (Å²) in [6, 6.07) is 10.9. The number of benzene rings is 1. The Labute approximate surface area is 106 Å². The predicted octanol–water partition coefficient (Wildman–Crippen LogP) is 5.02. The normalized spacial score (nSPS) is 24.5. The summed E-state index contributed by atoms with van der Waals surface area (Å²) in [4.78, 5) is 0. The molecule has 1 aromatic rings. The van der Waals surface area contributed by atoms with Gasteiger partial charge in [-0.3, -0.25) is 0 Å². The van der Waals surface area contributed by atoms with Crippen molar-refractivity contribution in [3.63, 3.8) is 0 Å². The highest BCUT2D eigenvalue weighted by Gasteiger charge is 2.31. The van der Waals surface area contributed by atoms with Gasteiger partial charge >= 0.3 is 0 Å². The molecule has 0 heterocycles. The molecule has 1 aliphatic carbocycles. The molecule has 1 aliphatic rings. The van der Waals surface area contributed by atoms with Crippen LogP contribution in [0, 0.1) is 23.7 Å². The molecule has 0 aliphatic heterocycles. The first kappa shape index (κ1) is 12.4. The number of allylic oxidation sites excluding steroid dienone is 2. The van der Waals surface area contributed by atoms with Crippen LogP contribution in [0.4, 0.5) is 0 Å². The van der Waals surface area contributed by atoms with Crippen LogP contribution in [0.3, 0.4) is 0 Å². The van der Waals surface area contributed by atoms with E-state index in [0.29, 0.717) is 0 Å². The summed E-state index contributed by atoms with van der Waals surface area (Å²) < 4.78 is 0. The van der Waals surface area contributed by atoms with E-state index in [-0.39, 0.29) is 0 Å². The van der Waals surface area contributed by atoms with E-state index in [1.165, 1.54) is 12.0 Å². The van der Waals surface area contributed by atoms with Crippen molar-refractivity contribution in [1.29, 1.82) is 0 Å². The van der Waals surface area contributed by atoms with Crippen molar-refractivity contribution >= 4 is 5.57 Å². The largest absolute Gasteiger partial charge is 0.0770 e. The zero-order chi connectivity index (χ0) is 12.4. The third-order valence-electron chi connectivity index (χ3n) is 4.11. The van der Waals surface area contributed by atoms with Gasteiger partial charge in [0, 0.05) is 0 Å². The highest BCUT2D eigenvalue weighted by molar-refractivity contribution is 5.68. The minimum Gasteiger partial charge on any atom is -0.0770 e. The fraction of sp³-hybridized carbons (Fsp3) is 0.529. The summed E-state index contributed by atoms with van der Waals surface area (Å²) in [6.45, 7) is 9.43. The second-order valence-corrected chi connectivity index (χ2v) is 5.99. The first-order valence-corrected chi connectivity index (χ1v) is 6.85. The lowest BCUT2D eigenvalue weighted by Crippen LogP contribution is -2.19. The first-order valence-electron chi connectivity index (χ1n) is 6.85. The molecule has 0 saturated carbocycles. The van der Waals surface area contributed by atoms with Crippen LogP contribution in [0.2, 0.25) is 0 Å². The molecular weight excluding hydrogens is 204 g/mol. The molecule has 0 nitrogen and oxygen atoms in total. The number of hydrogen-bond donors (Lipinski definition) is 0. The van der Waals surface area contributed by atoms with Gasteiger partial charge in [-0.1, -0.05) is 64.1 Å². The Kier molecular flexibility index (Phi) is 3.71. The van der Waals surface area contributed by atoms with Crippen molar-refractivity contribution < 1.29 is 0 Å². The minimum atomic E-state index is 0.753. The molecule has 2 atom stereocenters. The Balaban J connectivity index is 2.24. The molecule has 92 valence electrons. The Morgan fingerprint density at radius 2 is 1.59 bits per heavy atom. The van der Waals surface area contributed by atoms with Crippen LogP contribution in [0.15, 0.2) is 36.4 Å². The van der Waals surface area contributed by atoms with E-state index < -0.39 is 0 Å². The van der Waals surface area contributed by atoms with Gasteiger partial charge in [0.2, 0.25) is 0 Å². The van der Waals surface area contributed by atoms with Crippen LogP contribution in [0.25, 0.3) is 5.57 Å². The second-order valence-electron chi connectivity index (χ2n) is 5.99. The van der Waals surface area contributed by atoms with Gasteiger partial charge in [-0.05, 0) is 41.2 Å². The molecule has 0 amide bonds. The fourth-order valence-electron chi connectivity index (χ4n) is 3.05. The van der Waals surface area contributed by atoms with Crippen LogP contribution in [0.5, 0.6) is 0 Å². The fourth-order valence-corrected chi connectivity index (χ4v) is 3.05. The average molecular weight is 228 g/mol. The molecule has 0 radical (unpaired) electrons. The summed E-state index contributed by atoms with van der Waals surface area (Å²) in [5.74, 6) is 3.11. The SMILES string of the molecule is CC(C)C1C=C(c2ccccc2)C[C@H]1C(C)C. The summed E-state index contributed by atoms with van der Waals surface area (Å²) >= 11 is 0. The lowest BCUT2D eigenvalue weighted by molar-refractivity contribution is 0.263. The molecule has 1 aromatic carbocycles. The highest BCUT2D eigenvalue weighted by Crippen LogP contribution is 2.43. The Morgan fingerprint density at radius 3 is 2.06 bits per heavy atom. The van der Waals surface area contributed by atoms with Crippen LogP contribution in [-0.2, 0) is 0 Å². The standard InChI is InChI=1S/C17H24/c1-12(2)16-10-15(11-17(16)13(3)4)14-8-6-5-7-9-14/h5-10,12-13,16-17H,11H2,1-4H3/t16?,17-/m0/s1. The predicted molar refractivity (Wildman–Crippen MR) is 75.7 cm³/mol. The van der Waals surface area contributed by atoms with Crippen LogP contribution in [-0.4, -0.2) is 0 Å². The van der Waals surface area contributed by atoms with Crippen LogP contribution >= 0.6 is 0 Å². The molecule has 0 aromatic heterocycles. The third-order valence-corrected chi connectivity index (χ3v) is 4.11. The molecule has 0 saturated heterocycles. The molecular formula is C17H24. The van der Waals surface area contributed by atoms with E-state index in [1.807, 2.05) is 0 Å². The van der Waals surface area contributed by atoms with Crippen LogP contribution < -0.4 is 0 Å². The topological polar surface area (TPSA) is 0 Å². The molecule has 2 rings (SSSR count). The van der Waals surface area contributed by atoms with Gasteiger partial charge in [0.15, 0.2) is 0 Å². The van der Waals surface area contributed by atoms with E-state index >= 15 is 0 Å². The lowest BCUT2D eigenvalue weighted by atomic mass is 9.79. The van der Waals surface area contributed by atoms with E-state index in [0.717, 1.165) is 23.7 Å². The van der Waals surface area contributed by atoms with Crippen molar-refractivity contribution in [2.75, 3.05) is 0 Å². The average Bonchev–Trinajstić information content (AvgIpc) is 2.75.